The lowest BCUT2D eigenvalue weighted by Crippen LogP contribution is -2.44. The zero-order valence-electron chi connectivity index (χ0n) is 7.10. The average Bonchev–Trinajstić information content (AvgIpc) is 1.25. The SMILES string of the molecule is CC(C)(O)C(C)(C)O.N.O. The fourth-order valence-electron chi connectivity index (χ4n) is 0. The molecule has 0 aliphatic rings. The molecule has 0 aromatic heterocycles. The molecule has 66 valence electrons. The van der Waals surface area contributed by atoms with E-state index in [0.29, 0.717) is 0 Å². The van der Waals surface area contributed by atoms with Crippen LogP contribution in [0.4, 0.5) is 0 Å². The van der Waals surface area contributed by atoms with Crippen molar-refractivity contribution in [3.05, 3.63) is 0 Å². The van der Waals surface area contributed by atoms with E-state index in [-0.39, 0.29) is 11.6 Å². The molecule has 0 bridgehead atoms. The topological polar surface area (TPSA) is 107 Å². The number of hydrogen-bond donors (Lipinski definition) is 3. The largest absolute Gasteiger partial charge is 0.412 e. The third-order valence-corrected chi connectivity index (χ3v) is 1.50. The second kappa shape index (κ2) is 3.88. The fourth-order valence-corrected chi connectivity index (χ4v) is 0. The van der Waals surface area contributed by atoms with Crippen molar-refractivity contribution in [3.63, 3.8) is 0 Å². The Kier molecular flexibility index (Phi) is 6.37. The molecule has 0 amide bonds. The highest BCUT2D eigenvalue weighted by Gasteiger charge is 2.31. The summed E-state index contributed by atoms with van der Waals surface area (Å²) in [6, 6.07) is 0. The third-order valence-electron chi connectivity index (χ3n) is 1.50. The van der Waals surface area contributed by atoms with Gasteiger partial charge in [0.1, 0.15) is 0 Å². The molecule has 0 unspecified atom stereocenters. The Bertz CT molecular complexity index is 68.0. The highest BCUT2D eigenvalue weighted by atomic mass is 16.3. The number of rotatable bonds is 1. The Morgan fingerprint density at radius 1 is 0.800 bits per heavy atom. The van der Waals surface area contributed by atoms with Gasteiger partial charge in [-0.2, -0.15) is 0 Å². The molecule has 0 spiro atoms. The molecule has 0 aromatic carbocycles. The Labute approximate surface area is 61.8 Å². The van der Waals surface area contributed by atoms with E-state index in [9.17, 15) is 0 Å². The van der Waals surface area contributed by atoms with E-state index in [0.717, 1.165) is 0 Å². The van der Waals surface area contributed by atoms with Gasteiger partial charge in [-0.1, -0.05) is 0 Å². The van der Waals surface area contributed by atoms with Crippen molar-refractivity contribution in [1.29, 1.82) is 0 Å². The van der Waals surface area contributed by atoms with Gasteiger partial charge in [-0.25, -0.2) is 0 Å². The second-order valence-corrected chi connectivity index (χ2v) is 3.12. The normalized spacial score (nSPS) is 11.4. The van der Waals surface area contributed by atoms with Crippen LogP contribution in [0.15, 0.2) is 0 Å². The molecule has 0 rings (SSSR count). The van der Waals surface area contributed by atoms with Crippen molar-refractivity contribution in [3.8, 4) is 0 Å². The van der Waals surface area contributed by atoms with E-state index in [1.807, 2.05) is 0 Å². The Hall–Kier alpha value is -0.160. The van der Waals surface area contributed by atoms with Crippen molar-refractivity contribution < 1.29 is 15.7 Å². The fraction of sp³-hybridized carbons (Fsp3) is 1.00. The average molecular weight is 153 g/mol. The molecule has 0 saturated carbocycles. The minimum Gasteiger partial charge on any atom is -0.412 e. The summed E-state index contributed by atoms with van der Waals surface area (Å²) in [5.41, 5.74) is -2.01. The van der Waals surface area contributed by atoms with Crippen LogP contribution in [-0.4, -0.2) is 26.9 Å². The molecule has 0 atom stereocenters. The zero-order chi connectivity index (χ0) is 7.00. The summed E-state index contributed by atoms with van der Waals surface area (Å²) in [6.45, 7) is 6.31. The molecule has 0 aromatic rings. The molecule has 0 heterocycles. The van der Waals surface area contributed by atoms with Crippen LogP contribution in [0.3, 0.4) is 0 Å². The molecule has 0 saturated heterocycles. The Morgan fingerprint density at radius 3 is 0.900 bits per heavy atom. The van der Waals surface area contributed by atoms with E-state index in [4.69, 9.17) is 10.2 Å². The number of aliphatic hydroxyl groups is 2. The smallest absolute Gasteiger partial charge is 0.0872 e. The molecule has 0 aliphatic carbocycles. The van der Waals surface area contributed by atoms with Crippen LogP contribution in [0.1, 0.15) is 27.7 Å². The van der Waals surface area contributed by atoms with Gasteiger partial charge in [-0.15, -0.1) is 0 Å². The van der Waals surface area contributed by atoms with Gasteiger partial charge in [0.25, 0.3) is 0 Å². The molecule has 0 radical (unpaired) electrons. The van der Waals surface area contributed by atoms with Crippen LogP contribution >= 0.6 is 0 Å². The van der Waals surface area contributed by atoms with Crippen molar-refractivity contribution in [2.45, 2.75) is 38.9 Å². The Morgan fingerprint density at radius 2 is 0.900 bits per heavy atom. The summed E-state index contributed by atoms with van der Waals surface area (Å²) < 4.78 is 0. The van der Waals surface area contributed by atoms with Gasteiger partial charge in [-0.05, 0) is 27.7 Å². The summed E-state index contributed by atoms with van der Waals surface area (Å²) in [6.07, 6.45) is 0. The maximum absolute atomic E-state index is 9.10. The van der Waals surface area contributed by atoms with Gasteiger partial charge >= 0.3 is 0 Å². The lowest BCUT2D eigenvalue weighted by Gasteiger charge is -2.31. The first-order chi connectivity index (χ1) is 3.25. The molecule has 0 aliphatic heterocycles. The number of hydrogen-bond acceptors (Lipinski definition) is 3. The molecule has 0 fully saturated rings. The lowest BCUT2D eigenvalue weighted by atomic mass is 9.90. The van der Waals surface area contributed by atoms with Crippen LogP contribution in [-0.2, 0) is 0 Å². The van der Waals surface area contributed by atoms with Gasteiger partial charge in [0, 0.05) is 0 Å². The third kappa shape index (κ3) is 4.69. The summed E-state index contributed by atoms with van der Waals surface area (Å²) in [7, 11) is 0. The highest BCUT2D eigenvalue weighted by Crippen LogP contribution is 2.18. The van der Waals surface area contributed by atoms with Gasteiger partial charge in [0.15, 0.2) is 0 Å². The molecular formula is C6H19NO3. The first-order valence-electron chi connectivity index (χ1n) is 2.70. The first-order valence-corrected chi connectivity index (χ1v) is 2.70. The van der Waals surface area contributed by atoms with Gasteiger partial charge in [-0.3, -0.25) is 0 Å². The van der Waals surface area contributed by atoms with Crippen molar-refractivity contribution >= 4 is 0 Å². The predicted molar refractivity (Wildman–Crippen MR) is 41.2 cm³/mol. The maximum atomic E-state index is 9.10. The summed E-state index contributed by atoms with van der Waals surface area (Å²) in [5.74, 6) is 0. The van der Waals surface area contributed by atoms with E-state index in [2.05, 4.69) is 0 Å². The highest BCUT2D eigenvalue weighted by molar-refractivity contribution is 4.84. The van der Waals surface area contributed by atoms with Gasteiger partial charge < -0.3 is 21.8 Å². The van der Waals surface area contributed by atoms with Crippen LogP contribution in [0, 0.1) is 0 Å². The van der Waals surface area contributed by atoms with Crippen molar-refractivity contribution in [2.75, 3.05) is 0 Å². The second-order valence-electron chi connectivity index (χ2n) is 3.12. The van der Waals surface area contributed by atoms with Crippen LogP contribution < -0.4 is 6.15 Å². The molecule has 7 N–H and O–H groups in total. The van der Waals surface area contributed by atoms with Gasteiger partial charge in [0.2, 0.25) is 0 Å². The first kappa shape index (κ1) is 16.4. The minimum atomic E-state index is -1.01. The van der Waals surface area contributed by atoms with Gasteiger partial charge in [0.05, 0.1) is 11.2 Å². The Balaban J connectivity index is -0.000000245. The van der Waals surface area contributed by atoms with Crippen molar-refractivity contribution in [1.82, 2.24) is 6.15 Å². The summed E-state index contributed by atoms with van der Waals surface area (Å²) >= 11 is 0. The van der Waals surface area contributed by atoms with Crippen molar-refractivity contribution in [2.24, 2.45) is 0 Å². The van der Waals surface area contributed by atoms with E-state index >= 15 is 0 Å². The molecule has 10 heavy (non-hydrogen) atoms. The standard InChI is InChI=1S/C6H14O2.H3N.H2O/c1-5(2,7)6(3,4)8;;/h7-8H,1-4H3;1H3;1H2. The minimum absolute atomic E-state index is 0. The van der Waals surface area contributed by atoms with E-state index < -0.39 is 11.2 Å². The lowest BCUT2D eigenvalue weighted by molar-refractivity contribution is -0.107. The van der Waals surface area contributed by atoms with Crippen LogP contribution in [0.25, 0.3) is 0 Å². The van der Waals surface area contributed by atoms with E-state index in [1.165, 1.54) is 0 Å². The molecule has 4 heteroatoms. The maximum Gasteiger partial charge on any atom is 0.0872 e. The van der Waals surface area contributed by atoms with E-state index in [1.54, 1.807) is 27.7 Å². The van der Waals surface area contributed by atoms with Crippen LogP contribution in [0.2, 0.25) is 0 Å². The quantitative estimate of drug-likeness (QED) is 0.488. The monoisotopic (exact) mass is 153 g/mol. The molecule has 4 nitrogen and oxygen atoms in total. The summed E-state index contributed by atoms with van der Waals surface area (Å²) in [4.78, 5) is 0. The molecular weight excluding hydrogens is 134 g/mol. The summed E-state index contributed by atoms with van der Waals surface area (Å²) in [5, 5.41) is 18.2. The van der Waals surface area contributed by atoms with Crippen LogP contribution in [0.5, 0.6) is 0 Å². The predicted octanol–water partition coefficient (Wildman–Crippen LogP) is -0.135. The zero-order valence-corrected chi connectivity index (χ0v) is 7.10.